The lowest BCUT2D eigenvalue weighted by molar-refractivity contribution is 0.0767. The van der Waals surface area contributed by atoms with E-state index in [0.717, 1.165) is 41.8 Å². The number of amides is 1. The van der Waals surface area contributed by atoms with E-state index < -0.39 is 0 Å². The van der Waals surface area contributed by atoms with Crippen LogP contribution in [0.4, 0.5) is 0 Å². The fourth-order valence-electron chi connectivity index (χ4n) is 5.59. The molecule has 0 unspecified atom stereocenters. The van der Waals surface area contributed by atoms with E-state index in [1.165, 1.54) is 16.7 Å². The van der Waals surface area contributed by atoms with Crippen molar-refractivity contribution in [3.8, 4) is 0 Å². The van der Waals surface area contributed by atoms with Gasteiger partial charge in [0.05, 0.1) is 16.8 Å². The van der Waals surface area contributed by atoms with Gasteiger partial charge in [-0.25, -0.2) is 0 Å². The van der Waals surface area contributed by atoms with E-state index in [0.29, 0.717) is 17.9 Å². The lowest BCUT2D eigenvalue weighted by Crippen LogP contribution is -2.34. The normalized spacial score (nSPS) is 22.4. The lowest BCUT2D eigenvalue weighted by Gasteiger charge is -2.28. The molecule has 0 spiro atoms. The molecule has 1 aromatic heterocycles. The topological polar surface area (TPSA) is 36.4 Å². The van der Waals surface area contributed by atoms with Crippen molar-refractivity contribution < 1.29 is 4.79 Å². The summed E-state index contributed by atoms with van der Waals surface area (Å²) in [7, 11) is 2.22. The van der Waals surface area contributed by atoms with Gasteiger partial charge in [-0.2, -0.15) is 0 Å². The predicted molar refractivity (Wildman–Crippen MR) is 135 cm³/mol. The third-order valence-corrected chi connectivity index (χ3v) is 7.08. The van der Waals surface area contributed by atoms with E-state index in [4.69, 9.17) is 4.98 Å². The molecule has 0 aliphatic carbocycles. The highest BCUT2D eigenvalue weighted by atomic mass is 35.5. The Hall–Kier alpha value is -2.14. The van der Waals surface area contributed by atoms with Crippen molar-refractivity contribution in [3.63, 3.8) is 0 Å². The number of hydrogen-bond donors (Lipinski definition) is 0. The Morgan fingerprint density at radius 3 is 2.47 bits per heavy atom. The second-order valence-corrected chi connectivity index (χ2v) is 9.19. The number of fused-ring (bicyclic) bond motifs is 2. The predicted octanol–water partition coefficient (Wildman–Crippen LogP) is 5.38. The highest BCUT2D eigenvalue weighted by Crippen LogP contribution is 2.45. The second kappa shape index (κ2) is 9.38. The minimum atomic E-state index is 0. The van der Waals surface area contributed by atoms with Gasteiger partial charge < -0.3 is 4.90 Å². The molecule has 2 aliphatic rings. The summed E-state index contributed by atoms with van der Waals surface area (Å²) < 4.78 is 0. The van der Waals surface area contributed by atoms with Crippen molar-refractivity contribution in [2.75, 3.05) is 26.7 Å². The van der Waals surface area contributed by atoms with Gasteiger partial charge in [0.25, 0.3) is 5.91 Å². The molecule has 170 valence electrons. The number of pyridine rings is 1. The maximum absolute atomic E-state index is 13.5. The summed E-state index contributed by atoms with van der Waals surface area (Å²) in [6.45, 7) is 8.92. The van der Waals surface area contributed by atoms with E-state index in [1.807, 2.05) is 19.1 Å². The number of rotatable bonds is 2. The summed E-state index contributed by atoms with van der Waals surface area (Å²) in [5.41, 5.74) is 6.45. The zero-order valence-corrected chi connectivity index (χ0v) is 20.7. The van der Waals surface area contributed by atoms with Crippen molar-refractivity contribution in [2.45, 2.75) is 26.8 Å². The van der Waals surface area contributed by atoms with Gasteiger partial charge in [-0.1, -0.05) is 35.9 Å². The zero-order valence-electron chi connectivity index (χ0n) is 19.0. The molecule has 0 radical (unpaired) electrons. The van der Waals surface area contributed by atoms with E-state index >= 15 is 0 Å². The van der Waals surface area contributed by atoms with Gasteiger partial charge in [0.2, 0.25) is 0 Å². The molecule has 3 heterocycles. The van der Waals surface area contributed by atoms with Crippen LogP contribution in [-0.4, -0.2) is 47.4 Å². The van der Waals surface area contributed by atoms with Crippen LogP contribution < -0.4 is 0 Å². The quantitative estimate of drug-likeness (QED) is 0.503. The second-order valence-electron chi connectivity index (χ2n) is 9.19. The van der Waals surface area contributed by atoms with Gasteiger partial charge in [-0.3, -0.25) is 14.7 Å². The summed E-state index contributed by atoms with van der Waals surface area (Å²) >= 11 is 0. The number of benzene rings is 2. The lowest BCUT2D eigenvalue weighted by atomic mass is 9.88. The fraction of sp³-hybridized carbons (Fsp3) is 0.385. The number of likely N-dealkylation sites (tertiary alicyclic amines) is 2. The van der Waals surface area contributed by atoms with Gasteiger partial charge >= 0.3 is 0 Å². The summed E-state index contributed by atoms with van der Waals surface area (Å²) in [4.78, 5) is 22.7. The molecule has 3 aromatic rings. The molecule has 3 atom stereocenters. The number of carbonyl (C=O) groups excluding carboxylic acids is 1. The van der Waals surface area contributed by atoms with Crippen LogP contribution >= 0.6 is 24.8 Å². The van der Waals surface area contributed by atoms with Crippen molar-refractivity contribution in [1.82, 2.24) is 14.8 Å². The van der Waals surface area contributed by atoms with Crippen LogP contribution in [0.15, 0.2) is 48.5 Å². The number of aryl methyl sites for hydroxylation is 3. The van der Waals surface area contributed by atoms with E-state index in [2.05, 4.69) is 67.1 Å². The maximum Gasteiger partial charge on any atom is 0.255 e. The van der Waals surface area contributed by atoms with Crippen LogP contribution in [-0.2, 0) is 0 Å². The third kappa shape index (κ3) is 4.12. The first-order valence-corrected chi connectivity index (χ1v) is 10.9. The van der Waals surface area contributed by atoms with Crippen molar-refractivity contribution in [2.24, 2.45) is 11.8 Å². The molecule has 0 N–H and O–H groups in total. The number of hydrogen-bond acceptors (Lipinski definition) is 3. The smallest absolute Gasteiger partial charge is 0.255 e. The Balaban J connectivity index is 0.00000144. The summed E-state index contributed by atoms with van der Waals surface area (Å²) in [5, 5.41) is 1.04. The average Bonchev–Trinajstić information content (AvgIpc) is 3.25. The largest absolute Gasteiger partial charge is 0.338 e. The Morgan fingerprint density at radius 2 is 1.72 bits per heavy atom. The van der Waals surface area contributed by atoms with Gasteiger partial charge in [-0.05, 0) is 63.1 Å². The Kier molecular flexibility index (Phi) is 7.18. The maximum atomic E-state index is 13.5. The molecule has 6 heteroatoms. The van der Waals surface area contributed by atoms with Crippen LogP contribution in [0.3, 0.4) is 0 Å². The first kappa shape index (κ1) is 24.5. The molecule has 1 amide bonds. The average molecular weight is 472 g/mol. The van der Waals surface area contributed by atoms with Crippen LogP contribution in [0.2, 0.25) is 0 Å². The first-order chi connectivity index (χ1) is 14.4. The molecule has 0 saturated carbocycles. The number of aromatic nitrogens is 1. The molecule has 0 bridgehead atoms. The molecule has 5 rings (SSSR count). The van der Waals surface area contributed by atoms with Crippen LogP contribution in [0.5, 0.6) is 0 Å². The van der Waals surface area contributed by atoms with Crippen LogP contribution in [0.25, 0.3) is 10.9 Å². The van der Waals surface area contributed by atoms with Gasteiger partial charge in [-0.15, -0.1) is 24.8 Å². The summed E-state index contributed by atoms with van der Waals surface area (Å²) in [6, 6.07) is 17.3. The van der Waals surface area contributed by atoms with E-state index in [9.17, 15) is 4.79 Å². The molecule has 2 fully saturated rings. The van der Waals surface area contributed by atoms with Crippen molar-refractivity contribution >= 4 is 41.6 Å². The highest BCUT2D eigenvalue weighted by Gasteiger charge is 2.47. The molecular weight excluding hydrogens is 441 g/mol. The molecular formula is C26H31Cl2N3O. The Bertz CT molecular complexity index is 1150. The molecule has 2 aliphatic heterocycles. The van der Waals surface area contributed by atoms with Crippen molar-refractivity contribution in [3.05, 3.63) is 76.5 Å². The molecule has 2 aromatic carbocycles. The minimum absolute atomic E-state index is 0. The molecule has 2 saturated heterocycles. The van der Waals surface area contributed by atoms with Crippen LogP contribution in [0.1, 0.15) is 38.8 Å². The van der Waals surface area contributed by atoms with Crippen LogP contribution in [0, 0.1) is 32.6 Å². The van der Waals surface area contributed by atoms with Gasteiger partial charge in [0, 0.05) is 37.0 Å². The van der Waals surface area contributed by atoms with Gasteiger partial charge in [0.1, 0.15) is 0 Å². The third-order valence-electron chi connectivity index (χ3n) is 7.08. The molecule has 32 heavy (non-hydrogen) atoms. The van der Waals surface area contributed by atoms with Gasteiger partial charge in [0.15, 0.2) is 0 Å². The monoisotopic (exact) mass is 471 g/mol. The Labute approximate surface area is 202 Å². The van der Waals surface area contributed by atoms with E-state index in [1.54, 1.807) is 0 Å². The van der Waals surface area contributed by atoms with E-state index in [-0.39, 0.29) is 30.7 Å². The highest BCUT2D eigenvalue weighted by molar-refractivity contribution is 5.99. The van der Waals surface area contributed by atoms with Crippen molar-refractivity contribution in [1.29, 1.82) is 0 Å². The number of nitrogens with zero attached hydrogens (tertiary/aromatic N) is 3. The molecule has 4 nitrogen and oxygen atoms in total. The number of halogens is 2. The first-order valence-electron chi connectivity index (χ1n) is 10.9. The number of carbonyl (C=O) groups is 1. The summed E-state index contributed by atoms with van der Waals surface area (Å²) in [6.07, 6.45) is 0. The summed E-state index contributed by atoms with van der Waals surface area (Å²) in [5.74, 6) is 1.14. The SMILES string of the molecule is Cc1ccc2nc(C)c(C(=O)N3C[C@@H]4CN(C)[C@@H](c5ccccc5C)[C@@H]4C3)cc2c1.Cl.Cl. The zero-order chi connectivity index (χ0) is 21.0. The Morgan fingerprint density at radius 1 is 0.969 bits per heavy atom. The fourth-order valence-corrected chi connectivity index (χ4v) is 5.59. The minimum Gasteiger partial charge on any atom is -0.338 e. The standard InChI is InChI=1S/C26H29N3O.2ClH/c1-16-9-10-24-19(11-16)12-22(18(3)27-24)26(30)29-14-20-13-28(4)25(23(20)15-29)21-8-6-5-7-17(21)2;;/h5-12,20,23,25H,13-15H2,1-4H3;2*1H/t20-,23+,25-;;/m0../s1.